The van der Waals surface area contributed by atoms with Crippen molar-refractivity contribution in [3.05, 3.63) is 12.2 Å². The molecule has 0 N–H and O–H groups in total. The van der Waals surface area contributed by atoms with Crippen LogP contribution >= 0.6 is 0 Å². The molecule has 1 rings (SSSR count). The van der Waals surface area contributed by atoms with E-state index in [0.29, 0.717) is 6.42 Å². The second-order valence-corrected chi connectivity index (χ2v) is 6.07. The minimum absolute atomic E-state index is 0.146. The maximum absolute atomic E-state index is 12.2. The van der Waals surface area contributed by atoms with Crippen molar-refractivity contribution in [1.29, 1.82) is 0 Å². The van der Waals surface area contributed by atoms with Crippen LogP contribution in [0.4, 0.5) is 13.2 Å². The quantitative estimate of drug-likeness (QED) is 0.723. The van der Waals surface area contributed by atoms with Crippen LogP contribution in [0.25, 0.3) is 0 Å². The van der Waals surface area contributed by atoms with Crippen molar-refractivity contribution in [3.63, 3.8) is 0 Å². The third-order valence-corrected chi connectivity index (χ3v) is 4.55. The van der Waals surface area contributed by atoms with Crippen molar-refractivity contribution in [1.82, 2.24) is 4.31 Å². The molecule has 0 amide bonds. The molecule has 7 heteroatoms. The topological polar surface area (TPSA) is 37.4 Å². The van der Waals surface area contributed by atoms with Crippen LogP contribution in [0.15, 0.2) is 12.2 Å². The Morgan fingerprint density at radius 2 is 2.06 bits per heavy atom. The van der Waals surface area contributed by atoms with Gasteiger partial charge in [-0.2, -0.15) is 17.5 Å². The van der Waals surface area contributed by atoms with E-state index in [-0.39, 0.29) is 13.1 Å². The number of hydrogen-bond donors (Lipinski definition) is 0. The van der Waals surface area contributed by atoms with Crippen LogP contribution in [-0.4, -0.2) is 37.7 Å². The molecule has 1 aliphatic heterocycles. The molecule has 0 bridgehead atoms. The van der Waals surface area contributed by atoms with Gasteiger partial charge in [0.1, 0.15) is 0 Å². The minimum atomic E-state index is -4.47. The fourth-order valence-electron chi connectivity index (χ4n) is 1.44. The Morgan fingerprint density at radius 3 is 2.44 bits per heavy atom. The summed E-state index contributed by atoms with van der Waals surface area (Å²) in [7, 11) is -3.82. The fourth-order valence-corrected chi connectivity index (χ4v) is 3.22. The van der Waals surface area contributed by atoms with Crippen LogP contribution in [0.1, 0.15) is 13.3 Å². The van der Waals surface area contributed by atoms with Crippen molar-refractivity contribution < 1.29 is 21.6 Å². The van der Waals surface area contributed by atoms with E-state index in [1.807, 2.05) is 0 Å². The molecule has 1 aliphatic rings. The molecule has 16 heavy (non-hydrogen) atoms. The molecule has 0 spiro atoms. The van der Waals surface area contributed by atoms with E-state index in [1.165, 1.54) is 0 Å². The molecule has 1 saturated heterocycles. The second kappa shape index (κ2) is 4.37. The Hall–Kier alpha value is -0.560. The average Bonchev–Trinajstić information content (AvgIpc) is 2.49. The smallest absolute Gasteiger partial charge is 0.212 e. The van der Waals surface area contributed by atoms with Crippen LogP contribution in [0, 0.1) is 5.92 Å². The highest BCUT2D eigenvalue weighted by Gasteiger charge is 2.40. The highest BCUT2D eigenvalue weighted by atomic mass is 32.2. The van der Waals surface area contributed by atoms with Crippen molar-refractivity contribution >= 4 is 10.0 Å². The lowest BCUT2D eigenvalue weighted by Crippen LogP contribution is -2.36. The molecule has 0 aromatic rings. The lowest BCUT2D eigenvalue weighted by atomic mass is 10.2. The zero-order valence-corrected chi connectivity index (χ0v) is 9.74. The van der Waals surface area contributed by atoms with Gasteiger partial charge in [-0.25, -0.2) is 8.42 Å². The number of nitrogens with zero attached hydrogens (tertiary/aromatic N) is 1. The molecule has 0 aromatic heterocycles. The Balaban J connectivity index is 2.69. The summed E-state index contributed by atoms with van der Waals surface area (Å²) in [6, 6.07) is 0. The van der Waals surface area contributed by atoms with Gasteiger partial charge in [-0.05, 0) is 6.42 Å². The van der Waals surface area contributed by atoms with Crippen LogP contribution < -0.4 is 0 Å². The normalized spacial score (nSPS) is 21.4. The molecule has 0 radical (unpaired) electrons. The highest BCUT2D eigenvalue weighted by molar-refractivity contribution is 7.89. The highest BCUT2D eigenvalue weighted by Crippen LogP contribution is 2.28. The summed E-state index contributed by atoms with van der Waals surface area (Å²) in [6.07, 6.45) is -3.94. The molecular formula is C9H14F3NO2S. The first kappa shape index (κ1) is 13.5. The van der Waals surface area contributed by atoms with E-state index in [9.17, 15) is 21.6 Å². The summed E-state index contributed by atoms with van der Waals surface area (Å²) in [4.78, 5) is 0. The average molecular weight is 257 g/mol. The molecular weight excluding hydrogens is 243 g/mol. The molecule has 1 fully saturated rings. The van der Waals surface area contributed by atoms with Crippen molar-refractivity contribution in [2.45, 2.75) is 19.5 Å². The van der Waals surface area contributed by atoms with Gasteiger partial charge in [0, 0.05) is 13.1 Å². The van der Waals surface area contributed by atoms with Crippen molar-refractivity contribution in [2.75, 3.05) is 18.8 Å². The number of alkyl halides is 3. The first-order valence-corrected chi connectivity index (χ1v) is 6.45. The van der Waals surface area contributed by atoms with E-state index in [4.69, 9.17) is 0 Å². The lowest BCUT2D eigenvalue weighted by molar-refractivity contribution is -0.163. The Morgan fingerprint density at radius 1 is 1.50 bits per heavy atom. The van der Waals surface area contributed by atoms with Gasteiger partial charge < -0.3 is 0 Å². The Bertz CT molecular complexity index is 375. The van der Waals surface area contributed by atoms with E-state index in [1.54, 1.807) is 0 Å². The summed E-state index contributed by atoms with van der Waals surface area (Å²) in [5, 5.41) is 0. The van der Waals surface area contributed by atoms with Crippen LogP contribution in [0.2, 0.25) is 0 Å². The van der Waals surface area contributed by atoms with Crippen LogP contribution in [0.3, 0.4) is 0 Å². The maximum atomic E-state index is 12.2. The van der Waals surface area contributed by atoms with Gasteiger partial charge in [-0.3, -0.25) is 0 Å². The van der Waals surface area contributed by atoms with Gasteiger partial charge >= 0.3 is 6.18 Å². The van der Waals surface area contributed by atoms with Crippen molar-refractivity contribution in [2.24, 2.45) is 5.92 Å². The molecule has 3 nitrogen and oxygen atoms in total. The third-order valence-electron chi connectivity index (χ3n) is 2.53. The zero-order valence-electron chi connectivity index (χ0n) is 8.92. The predicted molar refractivity (Wildman–Crippen MR) is 54.3 cm³/mol. The Labute approximate surface area is 93.0 Å². The summed E-state index contributed by atoms with van der Waals surface area (Å²) >= 11 is 0. The van der Waals surface area contributed by atoms with E-state index in [0.717, 1.165) is 16.8 Å². The molecule has 1 heterocycles. The molecule has 0 aromatic carbocycles. The second-order valence-electron chi connectivity index (χ2n) is 4.05. The molecule has 1 unspecified atom stereocenters. The molecule has 1 atom stereocenters. The summed E-state index contributed by atoms with van der Waals surface area (Å²) < 4.78 is 61.0. The zero-order chi connectivity index (χ0) is 12.6. The van der Waals surface area contributed by atoms with Gasteiger partial charge in [0.2, 0.25) is 10.0 Å². The summed E-state index contributed by atoms with van der Waals surface area (Å²) in [5.41, 5.74) is 0.739. The SMILES string of the molecule is C=C1CCN(S(=O)(=O)CC(C)C(F)(F)F)C1. The monoisotopic (exact) mass is 257 g/mol. The first-order valence-electron chi connectivity index (χ1n) is 4.84. The third kappa shape index (κ3) is 3.21. The number of rotatable bonds is 3. The van der Waals surface area contributed by atoms with Gasteiger partial charge in [0.25, 0.3) is 0 Å². The fraction of sp³-hybridized carbons (Fsp3) is 0.778. The van der Waals surface area contributed by atoms with Crippen LogP contribution in [0.5, 0.6) is 0 Å². The summed E-state index contributed by atoms with van der Waals surface area (Å²) in [5.74, 6) is -2.73. The number of halogens is 3. The predicted octanol–water partition coefficient (Wildman–Crippen LogP) is 1.78. The number of hydrogen-bond acceptors (Lipinski definition) is 2. The van der Waals surface area contributed by atoms with Gasteiger partial charge in [0.05, 0.1) is 11.7 Å². The standard InChI is InChI=1S/C9H14F3NO2S/c1-7-3-4-13(5-7)16(14,15)6-8(2)9(10,11)12/h8H,1,3-6H2,2H3. The van der Waals surface area contributed by atoms with E-state index >= 15 is 0 Å². The number of sulfonamides is 1. The Kier molecular flexibility index (Phi) is 3.69. The molecule has 0 saturated carbocycles. The largest absolute Gasteiger partial charge is 0.392 e. The summed E-state index contributed by atoms with van der Waals surface area (Å²) in [6.45, 7) is 4.88. The van der Waals surface area contributed by atoms with Crippen molar-refractivity contribution in [3.8, 4) is 0 Å². The van der Waals surface area contributed by atoms with Gasteiger partial charge in [0.15, 0.2) is 0 Å². The molecule has 94 valence electrons. The van der Waals surface area contributed by atoms with Gasteiger partial charge in [-0.15, -0.1) is 0 Å². The minimum Gasteiger partial charge on any atom is -0.212 e. The first-order chi connectivity index (χ1) is 7.13. The van der Waals surface area contributed by atoms with Crippen LogP contribution in [-0.2, 0) is 10.0 Å². The maximum Gasteiger partial charge on any atom is 0.392 e. The van der Waals surface area contributed by atoms with E-state index in [2.05, 4.69) is 6.58 Å². The van der Waals surface area contributed by atoms with E-state index < -0.39 is 27.9 Å². The van der Waals surface area contributed by atoms with Gasteiger partial charge in [-0.1, -0.05) is 19.1 Å². The lowest BCUT2D eigenvalue weighted by Gasteiger charge is -2.20. The molecule has 0 aliphatic carbocycles.